The van der Waals surface area contributed by atoms with Gasteiger partial charge in [0.1, 0.15) is 0 Å². The van der Waals surface area contributed by atoms with Crippen LogP contribution in [0.5, 0.6) is 0 Å². The van der Waals surface area contributed by atoms with Gasteiger partial charge in [-0.05, 0) is 31.1 Å². The molecular formula is C12H23NO4S. The molecule has 0 radical (unpaired) electrons. The average molecular weight is 277 g/mol. The van der Waals surface area contributed by atoms with Gasteiger partial charge in [0.05, 0.1) is 12.2 Å². The molecule has 0 atom stereocenters. The summed E-state index contributed by atoms with van der Waals surface area (Å²) in [4.78, 5) is 10.4. The maximum atomic E-state index is 12.0. The predicted molar refractivity (Wildman–Crippen MR) is 69.8 cm³/mol. The third-order valence-corrected chi connectivity index (χ3v) is 5.73. The van der Waals surface area contributed by atoms with Crippen LogP contribution in [-0.2, 0) is 14.8 Å². The number of aliphatic carboxylic acids is 1. The van der Waals surface area contributed by atoms with Crippen LogP contribution in [0.2, 0.25) is 0 Å². The molecule has 1 N–H and O–H groups in total. The molecule has 0 aromatic rings. The Morgan fingerprint density at radius 3 is 2.28 bits per heavy atom. The van der Waals surface area contributed by atoms with Gasteiger partial charge in [0.25, 0.3) is 0 Å². The Kier molecular flexibility index (Phi) is 4.78. The van der Waals surface area contributed by atoms with Gasteiger partial charge in [0.15, 0.2) is 0 Å². The molecule has 0 saturated heterocycles. The molecule has 1 rings (SSSR count). The third kappa shape index (κ3) is 4.24. The molecule has 6 heteroatoms. The Bertz CT molecular complexity index is 392. The average Bonchev–Trinajstić information content (AvgIpc) is 2.26. The number of hydrogen-bond acceptors (Lipinski definition) is 3. The Hall–Kier alpha value is -0.620. The molecule has 18 heavy (non-hydrogen) atoms. The summed E-state index contributed by atoms with van der Waals surface area (Å²) in [6, 6.07) is 0.0248. The standard InChI is InChI=1S/C12H23NO4S/c1-12(2)7-4-10(5-8-12)13(3)18(16,17)9-6-11(14)15/h10H,4-9H2,1-3H3,(H,14,15). The zero-order valence-electron chi connectivity index (χ0n) is 11.3. The van der Waals surface area contributed by atoms with E-state index in [0.29, 0.717) is 5.41 Å². The van der Waals surface area contributed by atoms with E-state index >= 15 is 0 Å². The van der Waals surface area contributed by atoms with Crippen molar-refractivity contribution in [1.82, 2.24) is 4.31 Å². The molecule has 1 saturated carbocycles. The Morgan fingerprint density at radius 1 is 1.33 bits per heavy atom. The van der Waals surface area contributed by atoms with Crippen LogP contribution in [0.1, 0.15) is 46.0 Å². The molecular weight excluding hydrogens is 254 g/mol. The van der Waals surface area contributed by atoms with Crippen molar-refractivity contribution < 1.29 is 18.3 Å². The molecule has 0 spiro atoms. The van der Waals surface area contributed by atoms with Crippen LogP contribution in [0.25, 0.3) is 0 Å². The number of carbonyl (C=O) groups is 1. The summed E-state index contributed by atoms with van der Waals surface area (Å²) in [5, 5.41) is 8.55. The van der Waals surface area contributed by atoms with Crippen molar-refractivity contribution in [3.63, 3.8) is 0 Å². The molecule has 5 nitrogen and oxygen atoms in total. The number of carboxylic acids is 1. The zero-order valence-corrected chi connectivity index (χ0v) is 12.2. The Balaban J connectivity index is 2.59. The second kappa shape index (κ2) is 5.57. The minimum Gasteiger partial charge on any atom is -0.481 e. The molecule has 0 unspecified atom stereocenters. The van der Waals surface area contributed by atoms with Crippen molar-refractivity contribution in [1.29, 1.82) is 0 Å². The fourth-order valence-electron chi connectivity index (χ4n) is 2.34. The first kappa shape index (κ1) is 15.4. The molecule has 0 heterocycles. The molecule has 0 bridgehead atoms. The largest absolute Gasteiger partial charge is 0.481 e. The molecule has 0 amide bonds. The van der Waals surface area contributed by atoms with Gasteiger partial charge in [-0.1, -0.05) is 13.8 Å². The second-order valence-corrected chi connectivity index (χ2v) is 8.02. The van der Waals surface area contributed by atoms with Gasteiger partial charge in [-0.3, -0.25) is 4.79 Å². The fraction of sp³-hybridized carbons (Fsp3) is 0.917. The monoisotopic (exact) mass is 277 g/mol. The van der Waals surface area contributed by atoms with E-state index in [1.807, 2.05) is 0 Å². The summed E-state index contributed by atoms with van der Waals surface area (Å²) < 4.78 is 25.3. The molecule has 1 fully saturated rings. The summed E-state index contributed by atoms with van der Waals surface area (Å²) in [5.41, 5.74) is 0.294. The first-order chi connectivity index (χ1) is 8.14. The lowest BCUT2D eigenvalue weighted by atomic mass is 9.76. The van der Waals surface area contributed by atoms with Gasteiger partial charge >= 0.3 is 5.97 Å². The number of nitrogens with zero attached hydrogens (tertiary/aromatic N) is 1. The highest BCUT2D eigenvalue weighted by Crippen LogP contribution is 2.37. The van der Waals surface area contributed by atoms with Crippen molar-refractivity contribution in [3.05, 3.63) is 0 Å². The minimum atomic E-state index is -3.44. The first-order valence-electron chi connectivity index (χ1n) is 6.31. The highest BCUT2D eigenvalue weighted by molar-refractivity contribution is 7.89. The minimum absolute atomic E-state index is 0.0248. The van der Waals surface area contributed by atoms with Crippen molar-refractivity contribution in [2.75, 3.05) is 12.8 Å². The molecule has 1 aliphatic carbocycles. The van der Waals surface area contributed by atoms with Gasteiger partial charge in [-0.15, -0.1) is 0 Å². The summed E-state index contributed by atoms with van der Waals surface area (Å²) in [5.74, 6) is -1.38. The van der Waals surface area contributed by atoms with Crippen LogP contribution in [0.3, 0.4) is 0 Å². The number of rotatable bonds is 5. The SMILES string of the molecule is CN(C1CCC(C)(C)CC1)S(=O)(=O)CCC(=O)O. The number of sulfonamides is 1. The Labute approximate surface area is 109 Å². The van der Waals surface area contributed by atoms with E-state index in [1.54, 1.807) is 7.05 Å². The molecule has 0 aromatic heterocycles. The lowest BCUT2D eigenvalue weighted by molar-refractivity contribution is -0.136. The van der Waals surface area contributed by atoms with Crippen molar-refractivity contribution >= 4 is 16.0 Å². The van der Waals surface area contributed by atoms with Crippen LogP contribution in [0, 0.1) is 5.41 Å². The van der Waals surface area contributed by atoms with E-state index in [-0.39, 0.29) is 18.2 Å². The van der Waals surface area contributed by atoms with Crippen LogP contribution in [0.15, 0.2) is 0 Å². The fourth-order valence-corrected chi connectivity index (χ4v) is 3.72. The van der Waals surface area contributed by atoms with E-state index < -0.39 is 16.0 Å². The van der Waals surface area contributed by atoms with Gasteiger partial charge in [0.2, 0.25) is 10.0 Å². The van der Waals surface area contributed by atoms with E-state index in [0.717, 1.165) is 25.7 Å². The predicted octanol–water partition coefficient (Wildman–Crippen LogP) is 1.69. The van der Waals surface area contributed by atoms with Crippen LogP contribution < -0.4 is 0 Å². The summed E-state index contributed by atoms with van der Waals surface area (Å²) >= 11 is 0. The lowest BCUT2D eigenvalue weighted by Gasteiger charge is -2.38. The lowest BCUT2D eigenvalue weighted by Crippen LogP contribution is -2.42. The molecule has 0 aromatic carbocycles. The van der Waals surface area contributed by atoms with Crippen molar-refractivity contribution in [2.45, 2.75) is 52.0 Å². The molecule has 1 aliphatic rings. The summed E-state index contributed by atoms with van der Waals surface area (Å²) in [6.45, 7) is 4.39. The molecule has 0 aliphatic heterocycles. The van der Waals surface area contributed by atoms with E-state index in [2.05, 4.69) is 13.8 Å². The molecule has 106 valence electrons. The highest BCUT2D eigenvalue weighted by Gasteiger charge is 2.33. The summed E-state index contributed by atoms with van der Waals surface area (Å²) in [7, 11) is -1.87. The van der Waals surface area contributed by atoms with E-state index in [1.165, 1.54) is 4.31 Å². The van der Waals surface area contributed by atoms with Crippen LogP contribution >= 0.6 is 0 Å². The maximum Gasteiger partial charge on any atom is 0.304 e. The van der Waals surface area contributed by atoms with Gasteiger partial charge in [0, 0.05) is 13.1 Å². The van der Waals surface area contributed by atoms with Gasteiger partial charge < -0.3 is 5.11 Å². The second-order valence-electron chi connectivity index (χ2n) is 5.87. The third-order valence-electron chi connectivity index (χ3n) is 3.84. The quantitative estimate of drug-likeness (QED) is 0.830. The van der Waals surface area contributed by atoms with E-state index in [9.17, 15) is 13.2 Å². The van der Waals surface area contributed by atoms with Crippen LogP contribution in [-0.4, -0.2) is 42.6 Å². The zero-order chi connectivity index (χ0) is 14.0. The highest BCUT2D eigenvalue weighted by atomic mass is 32.2. The van der Waals surface area contributed by atoms with E-state index in [4.69, 9.17) is 5.11 Å². The number of carboxylic acid groups (broad SMARTS) is 1. The smallest absolute Gasteiger partial charge is 0.304 e. The normalized spacial score (nSPS) is 21.1. The van der Waals surface area contributed by atoms with Crippen molar-refractivity contribution in [3.8, 4) is 0 Å². The van der Waals surface area contributed by atoms with Crippen LogP contribution in [0.4, 0.5) is 0 Å². The summed E-state index contributed by atoms with van der Waals surface area (Å²) in [6.07, 6.45) is 3.41. The van der Waals surface area contributed by atoms with Crippen molar-refractivity contribution in [2.24, 2.45) is 5.41 Å². The topological polar surface area (TPSA) is 74.7 Å². The maximum absolute atomic E-state index is 12.0. The number of hydrogen-bond donors (Lipinski definition) is 1. The first-order valence-corrected chi connectivity index (χ1v) is 7.92. The van der Waals surface area contributed by atoms with Gasteiger partial charge in [-0.25, -0.2) is 12.7 Å². The van der Waals surface area contributed by atoms with Gasteiger partial charge in [-0.2, -0.15) is 0 Å². The Morgan fingerprint density at radius 2 is 1.83 bits per heavy atom.